The summed E-state index contributed by atoms with van der Waals surface area (Å²) in [6.45, 7) is 5.48. The number of likely N-dealkylation sites (tertiary alicyclic amines) is 1. The molecule has 0 amide bonds. The van der Waals surface area contributed by atoms with Crippen LogP contribution in [0.1, 0.15) is 31.1 Å². The third kappa shape index (κ3) is 3.57. The van der Waals surface area contributed by atoms with Crippen LogP contribution in [0.2, 0.25) is 0 Å². The average Bonchev–Trinajstić information content (AvgIpc) is 2.75. The Balaban J connectivity index is 0.00000162. The lowest BCUT2D eigenvalue weighted by Crippen LogP contribution is -2.44. The standard InChI is InChI=1S/C12H21N3OS.ClH/c1-2-12(9-16)4-3-5-15(8-12)7-10-6-14-11(13)17-10;/h6,16H,2-5,7-9H2,1H3,(H2,13,14);1H. The van der Waals surface area contributed by atoms with Gasteiger partial charge in [-0.25, -0.2) is 4.98 Å². The van der Waals surface area contributed by atoms with Gasteiger partial charge >= 0.3 is 0 Å². The number of rotatable bonds is 4. The van der Waals surface area contributed by atoms with Gasteiger partial charge in [-0.15, -0.1) is 23.7 Å². The Kier molecular flexibility index (Phi) is 5.85. The number of hydrogen-bond acceptors (Lipinski definition) is 5. The molecular formula is C12H22ClN3OS. The van der Waals surface area contributed by atoms with E-state index >= 15 is 0 Å². The number of anilines is 1. The Morgan fingerprint density at radius 1 is 1.61 bits per heavy atom. The summed E-state index contributed by atoms with van der Waals surface area (Å²) in [7, 11) is 0. The van der Waals surface area contributed by atoms with E-state index in [0.29, 0.717) is 11.7 Å². The molecule has 1 aromatic rings. The summed E-state index contributed by atoms with van der Waals surface area (Å²) in [6.07, 6.45) is 5.22. The molecule has 3 N–H and O–H groups in total. The molecule has 1 aliphatic heterocycles. The highest BCUT2D eigenvalue weighted by atomic mass is 35.5. The predicted octanol–water partition coefficient (Wildman–Crippen LogP) is 2.13. The van der Waals surface area contributed by atoms with Crippen LogP contribution in [0, 0.1) is 5.41 Å². The largest absolute Gasteiger partial charge is 0.396 e. The number of piperidine rings is 1. The number of aliphatic hydroxyl groups excluding tert-OH is 1. The number of nitrogen functional groups attached to an aromatic ring is 1. The van der Waals surface area contributed by atoms with Crippen molar-refractivity contribution in [2.45, 2.75) is 32.7 Å². The second-order valence-corrected chi connectivity index (χ2v) is 6.14. The van der Waals surface area contributed by atoms with Gasteiger partial charge in [-0.05, 0) is 25.8 Å². The van der Waals surface area contributed by atoms with Gasteiger partial charge in [0, 0.05) is 36.2 Å². The van der Waals surface area contributed by atoms with E-state index in [2.05, 4.69) is 16.8 Å². The minimum atomic E-state index is 0. The van der Waals surface area contributed by atoms with Gasteiger partial charge < -0.3 is 10.8 Å². The van der Waals surface area contributed by atoms with Crippen molar-refractivity contribution in [3.8, 4) is 0 Å². The van der Waals surface area contributed by atoms with E-state index < -0.39 is 0 Å². The summed E-state index contributed by atoms with van der Waals surface area (Å²) in [5, 5.41) is 10.2. The molecule has 1 saturated heterocycles. The van der Waals surface area contributed by atoms with Crippen LogP contribution < -0.4 is 5.73 Å². The second kappa shape index (κ2) is 6.70. The van der Waals surface area contributed by atoms with Crippen molar-refractivity contribution in [3.63, 3.8) is 0 Å². The lowest BCUT2D eigenvalue weighted by molar-refractivity contribution is 0.0262. The minimum absolute atomic E-state index is 0. The first kappa shape index (κ1) is 15.7. The van der Waals surface area contributed by atoms with E-state index in [1.54, 1.807) is 11.3 Å². The van der Waals surface area contributed by atoms with E-state index in [1.165, 1.54) is 11.3 Å². The van der Waals surface area contributed by atoms with Crippen molar-refractivity contribution in [2.75, 3.05) is 25.4 Å². The zero-order chi connectivity index (χ0) is 12.3. The molecule has 0 spiro atoms. The third-order valence-electron chi connectivity index (χ3n) is 3.78. The number of aliphatic hydroxyl groups is 1. The molecule has 1 atom stereocenters. The Labute approximate surface area is 119 Å². The molecule has 2 rings (SSSR count). The van der Waals surface area contributed by atoms with E-state index in [9.17, 15) is 5.11 Å². The van der Waals surface area contributed by atoms with Gasteiger partial charge in [-0.1, -0.05) is 6.92 Å². The van der Waals surface area contributed by atoms with Gasteiger partial charge in [0.15, 0.2) is 5.13 Å². The third-order valence-corrected chi connectivity index (χ3v) is 4.59. The molecule has 1 aliphatic rings. The van der Waals surface area contributed by atoms with Crippen LogP contribution in [0.4, 0.5) is 5.13 Å². The van der Waals surface area contributed by atoms with Gasteiger partial charge in [0.05, 0.1) is 0 Å². The Morgan fingerprint density at radius 3 is 2.94 bits per heavy atom. The monoisotopic (exact) mass is 291 g/mol. The summed E-state index contributed by atoms with van der Waals surface area (Å²) >= 11 is 1.56. The Bertz CT molecular complexity index is 368. The molecule has 2 heterocycles. The van der Waals surface area contributed by atoms with E-state index in [0.717, 1.165) is 32.5 Å². The molecule has 0 aliphatic carbocycles. The maximum absolute atomic E-state index is 9.57. The first-order valence-electron chi connectivity index (χ1n) is 6.21. The van der Waals surface area contributed by atoms with Crippen LogP contribution in [0.5, 0.6) is 0 Å². The van der Waals surface area contributed by atoms with Crippen LogP contribution in [0.3, 0.4) is 0 Å². The smallest absolute Gasteiger partial charge is 0.180 e. The molecule has 104 valence electrons. The molecule has 0 bridgehead atoms. The van der Waals surface area contributed by atoms with Crippen molar-refractivity contribution < 1.29 is 5.11 Å². The number of nitrogens with two attached hydrogens (primary N) is 1. The molecule has 1 fully saturated rings. The number of aromatic nitrogens is 1. The van der Waals surface area contributed by atoms with Crippen LogP contribution in [-0.4, -0.2) is 34.7 Å². The number of thiazole rings is 1. The number of nitrogens with zero attached hydrogens (tertiary/aromatic N) is 2. The number of hydrogen-bond donors (Lipinski definition) is 2. The summed E-state index contributed by atoms with van der Waals surface area (Å²) in [6, 6.07) is 0. The zero-order valence-corrected chi connectivity index (χ0v) is 12.4. The number of halogens is 1. The maximum atomic E-state index is 9.57. The highest BCUT2D eigenvalue weighted by molar-refractivity contribution is 7.15. The van der Waals surface area contributed by atoms with Crippen LogP contribution in [0.15, 0.2) is 6.20 Å². The van der Waals surface area contributed by atoms with Crippen LogP contribution in [0.25, 0.3) is 0 Å². The lowest BCUT2D eigenvalue weighted by Gasteiger charge is -2.41. The quantitative estimate of drug-likeness (QED) is 0.892. The van der Waals surface area contributed by atoms with Crippen molar-refractivity contribution in [1.29, 1.82) is 0 Å². The molecule has 1 unspecified atom stereocenters. The van der Waals surface area contributed by atoms with Gasteiger partial charge in [-0.3, -0.25) is 4.90 Å². The fraction of sp³-hybridized carbons (Fsp3) is 0.750. The van der Waals surface area contributed by atoms with Crippen molar-refractivity contribution in [3.05, 3.63) is 11.1 Å². The maximum Gasteiger partial charge on any atom is 0.180 e. The molecule has 0 aromatic carbocycles. The van der Waals surface area contributed by atoms with Crippen molar-refractivity contribution >= 4 is 28.9 Å². The highest BCUT2D eigenvalue weighted by Crippen LogP contribution is 2.33. The fourth-order valence-electron chi connectivity index (χ4n) is 2.59. The van der Waals surface area contributed by atoms with Gasteiger partial charge in [0.25, 0.3) is 0 Å². The first-order valence-corrected chi connectivity index (χ1v) is 7.02. The summed E-state index contributed by atoms with van der Waals surface area (Å²) in [4.78, 5) is 7.71. The van der Waals surface area contributed by atoms with Crippen molar-refractivity contribution in [2.24, 2.45) is 5.41 Å². The molecular weight excluding hydrogens is 270 g/mol. The summed E-state index contributed by atoms with van der Waals surface area (Å²) < 4.78 is 0. The Hall–Kier alpha value is -0.360. The van der Waals surface area contributed by atoms with Gasteiger partial charge in [0.1, 0.15) is 0 Å². The molecule has 1 aromatic heterocycles. The first-order chi connectivity index (χ1) is 8.17. The van der Waals surface area contributed by atoms with Crippen LogP contribution >= 0.6 is 23.7 Å². The molecule has 6 heteroatoms. The topological polar surface area (TPSA) is 62.4 Å². The van der Waals surface area contributed by atoms with Crippen molar-refractivity contribution in [1.82, 2.24) is 9.88 Å². The minimum Gasteiger partial charge on any atom is -0.396 e. The molecule has 18 heavy (non-hydrogen) atoms. The lowest BCUT2D eigenvalue weighted by atomic mass is 9.78. The highest BCUT2D eigenvalue weighted by Gasteiger charge is 2.33. The molecule has 0 saturated carbocycles. The predicted molar refractivity (Wildman–Crippen MR) is 78.1 cm³/mol. The SMILES string of the molecule is CCC1(CO)CCCN(Cc2cnc(N)s2)C1.Cl. The van der Waals surface area contributed by atoms with E-state index in [1.807, 2.05) is 6.20 Å². The second-order valence-electron chi connectivity index (χ2n) is 4.99. The summed E-state index contributed by atoms with van der Waals surface area (Å²) in [5.41, 5.74) is 5.74. The normalized spacial score (nSPS) is 24.8. The average molecular weight is 292 g/mol. The zero-order valence-electron chi connectivity index (χ0n) is 10.8. The fourth-order valence-corrected chi connectivity index (χ4v) is 3.32. The van der Waals surface area contributed by atoms with Gasteiger partial charge in [0.2, 0.25) is 0 Å². The molecule has 0 radical (unpaired) electrons. The van der Waals surface area contributed by atoms with Crippen LogP contribution in [-0.2, 0) is 6.54 Å². The molecule has 4 nitrogen and oxygen atoms in total. The Morgan fingerprint density at radius 2 is 2.39 bits per heavy atom. The van der Waals surface area contributed by atoms with E-state index in [-0.39, 0.29) is 17.8 Å². The summed E-state index contributed by atoms with van der Waals surface area (Å²) in [5.74, 6) is 0. The van der Waals surface area contributed by atoms with E-state index in [4.69, 9.17) is 5.73 Å². The van der Waals surface area contributed by atoms with Gasteiger partial charge in [-0.2, -0.15) is 0 Å².